The fourth-order valence-electron chi connectivity index (χ4n) is 2.71. The van der Waals surface area contributed by atoms with Gasteiger partial charge in [0.05, 0.1) is 19.1 Å². The molecule has 0 unspecified atom stereocenters. The van der Waals surface area contributed by atoms with E-state index in [2.05, 4.69) is 5.10 Å². The van der Waals surface area contributed by atoms with E-state index in [1.54, 1.807) is 30.3 Å². The van der Waals surface area contributed by atoms with Crippen LogP contribution in [-0.4, -0.2) is 36.0 Å². The Bertz CT molecular complexity index is 927. The normalized spacial score (nSPS) is 15.7. The summed E-state index contributed by atoms with van der Waals surface area (Å²) in [4.78, 5) is 22.8. The number of ether oxygens (including phenoxy) is 3. The molecule has 140 valence electrons. The molecule has 1 aliphatic rings. The number of nitrogens with zero attached hydrogens (tertiary/aromatic N) is 3. The van der Waals surface area contributed by atoms with Crippen molar-refractivity contribution in [2.24, 2.45) is 5.10 Å². The summed E-state index contributed by atoms with van der Waals surface area (Å²) in [6, 6.07) is 11.1. The molecule has 3 rings (SSSR count). The van der Waals surface area contributed by atoms with Crippen LogP contribution in [0.15, 0.2) is 47.6 Å². The number of rotatable bonds is 5. The molecule has 0 N–H and O–H groups in total. The Hall–Kier alpha value is -3.62. The molecule has 9 nitrogen and oxygen atoms in total. The Morgan fingerprint density at radius 1 is 1.19 bits per heavy atom. The molecule has 9 heteroatoms. The van der Waals surface area contributed by atoms with Crippen molar-refractivity contribution in [3.63, 3.8) is 0 Å². The van der Waals surface area contributed by atoms with Gasteiger partial charge in [-0.25, -0.2) is 0 Å². The van der Waals surface area contributed by atoms with Crippen molar-refractivity contribution < 1.29 is 23.9 Å². The molecule has 0 spiro atoms. The van der Waals surface area contributed by atoms with E-state index in [1.165, 1.54) is 33.3 Å². The Morgan fingerprint density at radius 3 is 2.52 bits per heavy atom. The lowest BCUT2D eigenvalue weighted by molar-refractivity contribution is -0.385. The minimum Gasteiger partial charge on any atom is -0.493 e. The van der Waals surface area contributed by atoms with Gasteiger partial charge >= 0.3 is 0 Å². The van der Waals surface area contributed by atoms with E-state index in [0.29, 0.717) is 17.1 Å². The molecule has 27 heavy (non-hydrogen) atoms. The summed E-state index contributed by atoms with van der Waals surface area (Å²) in [7, 11) is 3.01. The number of nitro benzene ring substituents is 1. The zero-order valence-corrected chi connectivity index (χ0v) is 14.9. The Balaban J connectivity index is 2.01. The smallest absolute Gasteiger partial charge is 0.282 e. The van der Waals surface area contributed by atoms with Crippen LogP contribution in [0.4, 0.5) is 5.69 Å². The van der Waals surface area contributed by atoms with E-state index in [4.69, 9.17) is 14.2 Å². The molecule has 0 aliphatic carbocycles. The van der Waals surface area contributed by atoms with Gasteiger partial charge in [-0.1, -0.05) is 12.1 Å². The minimum atomic E-state index is -0.878. The fraction of sp³-hybridized carbons (Fsp3) is 0.222. The number of benzene rings is 2. The summed E-state index contributed by atoms with van der Waals surface area (Å²) in [6.45, 7) is 1.34. The average Bonchev–Trinajstić information content (AvgIpc) is 3.13. The van der Waals surface area contributed by atoms with Crippen LogP contribution in [0.5, 0.6) is 11.5 Å². The van der Waals surface area contributed by atoms with Crippen LogP contribution in [0.3, 0.4) is 0 Å². The largest absolute Gasteiger partial charge is 0.493 e. The van der Waals surface area contributed by atoms with Gasteiger partial charge in [-0.2, -0.15) is 5.01 Å². The number of carbonyl (C=O) groups is 1. The van der Waals surface area contributed by atoms with E-state index in [-0.39, 0.29) is 23.1 Å². The maximum Gasteiger partial charge on any atom is 0.282 e. The number of hydrogen-bond acceptors (Lipinski definition) is 7. The van der Waals surface area contributed by atoms with Gasteiger partial charge < -0.3 is 14.2 Å². The molecule has 1 atom stereocenters. The van der Waals surface area contributed by atoms with Crippen LogP contribution in [0, 0.1) is 10.1 Å². The maximum absolute atomic E-state index is 12.1. The van der Waals surface area contributed by atoms with Crippen molar-refractivity contribution in [1.29, 1.82) is 0 Å². The number of carbonyl (C=O) groups excluding carboxylic acids is 1. The van der Waals surface area contributed by atoms with E-state index in [0.717, 1.165) is 5.01 Å². The van der Waals surface area contributed by atoms with Gasteiger partial charge in [0.15, 0.2) is 11.5 Å². The number of methoxy groups -OCH3 is 2. The van der Waals surface area contributed by atoms with Gasteiger partial charge in [-0.15, -0.1) is 5.10 Å². The predicted molar refractivity (Wildman–Crippen MR) is 95.5 cm³/mol. The summed E-state index contributed by atoms with van der Waals surface area (Å²) < 4.78 is 16.3. The summed E-state index contributed by atoms with van der Waals surface area (Å²) in [6.07, 6.45) is -0.878. The van der Waals surface area contributed by atoms with Crippen molar-refractivity contribution in [3.05, 3.63) is 63.7 Å². The highest BCUT2D eigenvalue weighted by Crippen LogP contribution is 2.36. The fourth-order valence-corrected chi connectivity index (χ4v) is 2.71. The summed E-state index contributed by atoms with van der Waals surface area (Å²) in [5.74, 6) is 0.607. The van der Waals surface area contributed by atoms with Crippen molar-refractivity contribution in [3.8, 4) is 11.5 Å². The third kappa shape index (κ3) is 3.39. The quantitative estimate of drug-likeness (QED) is 0.591. The lowest BCUT2D eigenvalue weighted by atomic mass is 10.1. The molecule has 0 fully saturated rings. The average molecular weight is 371 g/mol. The molecule has 1 heterocycles. The Labute approximate surface area is 154 Å². The van der Waals surface area contributed by atoms with Gasteiger partial charge in [0.2, 0.25) is 18.0 Å². The van der Waals surface area contributed by atoms with Crippen LogP contribution in [0.25, 0.3) is 0 Å². The van der Waals surface area contributed by atoms with Gasteiger partial charge in [-0.3, -0.25) is 14.9 Å². The lowest BCUT2D eigenvalue weighted by Gasteiger charge is -2.20. The minimum absolute atomic E-state index is 0.00251. The maximum atomic E-state index is 12.1. The van der Waals surface area contributed by atoms with Crippen LogP contribution in [-0.2, 0) is 9.53 Å². The second-order valence-electron chi connectivity index (χ2n) is 5.63. The molecule has 1 amide bonds. The molecular weight excluding hydrogens is 354 g/mol. The zero-order chi connectivity index (χ0) is 19.6. The number of nitro groups is 1. The van der Waals surface area contributed by atoms with Gasteiger partial charge in [0.1, 0.15) is 5.56 Å². The van der Waals surface area contributed by atoms with Crippen LogP contribution in [0.2, 0.25) is 0 Å². The first-order valence-electron chi connectivity index (χ1n) is 7.97. The second kappa shape index (κ2) is 7.32. The third-order valence-corrected chi connectivity index (χ3v) is 3.99. The lowest BCUT2D eigenvalue weighted by Crippen LogP contribution is -2.25. The zero-order valence-electron chi connectivity index (χ0n) is 14.9. The number of hydrogen-bond donors (Lipinski definition) is 0. The SMILES string of the molecule is COc1ccc([C@@H]2OC(c3ccccc3[N+](=O)[O-])=NN2C(C)=O)cc1OC. The molecule has 1 aliphatic heterocycles. The molecule has 2 aromatic carbocycles. The first kappa shape index (κ1) is 18.2. The highest BCUT2D eigenvalue weighted by molar-refractivity contribution is 5.99. The number of hydrazone groups is 1. The number of amides is 1. The van der Waals surface area contributed by atoms with Crippen molar-refractivity contribution in [2.45, 2.75) is 13.2 Å². The monoisotopic (exact) mass is 371 g/mol. The summed E-state index contributed by atoms with van der Waals surface area (Å²) >= 11 is 0. The van der Waals surface area contributed by atoms with Crippen molar-refractivity contribution in [1.82, 2.24) is 5.01 Å². The van der Waals surface area contributed by atoms with Crippen LogP contribution < -0.4 is 9.47 Å². The second-order valence-corrected chi connectivity index (χ2v) is 5.63. The number of para-hydroxylation sites is 1. The topological polar surface area (TPSA) is 103 Å². The van der Waals surface area contributed by atoms with Crippen molar-refractivity contribution >= 4 is 17.5 Å². The van der Waals surface area contributed by atoms with Gasteiger partial charge in [-0.05, 0) is 24.3 Å². The molecule has 0 bridgehead atoms. The highest BCUT2D eigenvalue weighted by Gasteiger charge is 2.35. The molecular formula is C18H17N3O6. The van der Waals surface area contributed by atoms with Crippen LogP contribution >= 0.6 is 0 Å². The molecule has 0 radical (unpaired) electrons. The third-order valence-electron chi connectivity index (χ3n) is 3.99. The van der Waals surface area contributed by atoms with E-state index >= 15 is 0 Å². The molecule has 0 saturated heterocycles. The first-order valence-corrected chi connectivity index (χ1v) is 7.97. The van der Waals surface area contributed by atoms with E-state index < -0.39 is 11.2 Å². The van der Waals surface area contributed by atoms with Gasteiger partial charge in [0.25, 0.3) is 5.69 Å². The van der Waals surface area contributed by atoms with Crippen LogP contribution in [0.1, 0.15) is 24.3 Å². The standard InChI is InChI=1S/C18H17N3O6/c1-11(22)20-18(12-8-9-15(25-2)16(10-12)26-3)27-17(19-20)13-6-4-5-7-14(13)21(23)24/h4-10,18H,1-3H3/t18-/m0/s1. The molecule has 2 aromatic rings. The van der Waals surface area contributed by atoms with Crippen molar-refractivity contribution in [2.75, 3.05) is 14.2 Å². The Morgan fingerprint density at radius 2 is 1.89 bits per heavy atom. The Kier molecular flexibility index (Phi) is 4.93. The highest BCUT2D eigenvalue weighted by atomic mass is 16.6. The van der Waals surface area contributed by atoms with E-state index in [1.807, 2.05) is 0 Å². The molecule has 0 aromatic heterocycles. The summed E-state index contributed by atoms with van der Waals surface area (Å²) in [5, 5.41) is 16.6. The van der Waals surface area contributed by atoms with E-state index in [9.17, 15) is 14.9 Å². The van der Waals surface area contributed by atoms with Gasteiger partial charge in [0, 0.05) is 18.6 Å². The summed E-state index contributed by atoms with van der Waals surface area (Å²) in [5.41, 5.74) is 0.615. The first-order chi connectivity index (χ1) is 13.0. The predicted octanol–water partition coefficient (Wildman–Crippen LogP) is 2.85. The molecule has 0 saturated carbocycles.